The van der Waals surface area contributed by atoms with E-state index in [1.54, 1.807) is 0 Å². The van der Waals surface area contributed by atoms with Gasteiger partial charge in [0, 0.05) is 20.0 Å². The van der Waals surface area contributed by atoms with Crippen molar-refractivity contribution in [2.24, 2.45) is 34.0 Å². The van der Waals surface area contributed by atoms with Crippen molar-refractivity contribution in [2.75, 3.05) is 32.8 Å². The van der Waals surface area contributed by atoms with Gasteiger partial charge in [-0.05, 0) is 125 Å². The minimum Gasteiger partial charge on any atom is -0.508 e. The minimum atomic E-state index is -5.46. The summed E-state index contributed by atoms with van der Waals surface area (Å²) in [5, 5.41) is 66.1. The highest BCUT2D eigenvalue weighted by atomic mass is 31.2. The van der Waals surface area contributed by atoms with Crippen molar-refractivity contribution in [1.82, 2.24) is 63.4 Å². The predicted octanol–water partition coefficient (Wildman–Crippen LogP) is -5.62. The van der Waals surface area contributed by atoms with E-state index in [2.05, 4.69) is 63.5 Å². The minimum absolute atomic E-state index is 0.00146. The maximum absolute atomic E-state index is 14.2. The second-order valence-corrected chi connectivity index (χ2v) is 25.2. The maximum atomic E-state index is 14.2. The van der Waals surface area contributed by atoms with Crippen LogP contribution in [-0.4, -0.2) is 223 Å². The molecule has 0 bridgehead atoms. The van der Waals surface area contributed by atoms with Gasteiger partial charge in [0.15, 0.2) is 5.96 Å². The average molecular weight is 1410 g/mol. The largest absolute Gasteiger partial charge is 0.508 e. The Morgan fingerprint density at radius 3 is 1.61 bits per heavy atom. The van der Waals surface area contributed by atoms with Crippen molar-refractivity contribution < 1.29 is 102 Å². The molecule has 0 aromatic carbocycles. The lowest BCUT2D eigenvalue weighted by Gasteiger charge is -2.31. The number of nitrogens with one attached hydrogen (secondary N) is 11. The summed E-state index contributed by atoms with van der Waals surface area (Å²) < 4.78 is 16.8. The fraction of sp³-hybridized carbons (Fsp3) is 0.567. The van der Waals surface area contributed by atoms with E-state index in [0.29, 0.717) is 11.1 Å². The van der Waals surface area contributed by atoms with Crippen LogP contribution in [0.1, 0.15) is 100 Å². The van der Waals surface area contributed by atoms with Gasteiger partial charge < -0.3 is 111 Å². The Bertz CT molecular complexity index is 3210. The number of hydrogen-bond acceptors (Lipinski definition) is 20. The molecule has 1 saturated heterocycles. The van der Waals surface area contributed by atoms with Gasteiger partial charge in [-0.1, -0.05) is 39.8 Å². The number of aliphatic hydroxyl groups excluding tert-OH is 4. The first-order chi connectivity index (χ1) is 45.8. The first kappa shape index (κ1) is 82.7. The second kappa shape index (κ2) is 39.6. The summed E-state index contributed by atoms with van der Waals surface area (Å²) in [4.78, 5) is 200. The molecular formula is C60H93N16O21P. The zero-order chi connectivity index (χ0) is 73.9. The number of hydrogen-bond donors (Lipinski definition) is 20. The Morgan fingerprint density at radius 1 is 0.622 bits per heavy atom. The summed E-state index contributed by atoms with van der Waals surface area (Å²) in [7, 11) is -5.46. The molecule has 3 aliphatic rings. The van der Waals surface area contributed by atoms with Crippen LogP contribution in [0.4, 0.5) is 0 Å². The van der Waals surface area contributed by atoms with Crippen molar-refractivity contribution in [3.05, 3.63) is 71.3 Å². The fourth-order valence-electron chi connectivity index (χ4n) is 9.82. The van der Waals surface area contributed by atoms with E-state index in [1.165, 1.54) is 83.2 Å². The fourth-order valence-corrected chi connectivity index (χ4v) is 10.4. The number of guanidine groups is 1. The molecular weight excluding hydrogens is 1310 g/mol. The smallest absolute Gasteiger partial charge is 0.469 e. The quantitative estimate of drug-likeness (QED) is 0.0119. The standard InChI is InChI=1S/C60H93N16O21P/c1-29(2)23-40(68-34(8)79)53(87)71-42(25-36-15-19-38(81)20-16-36)55(89)70-39(11-9-21-64-60(62)63)52(86)67-31(5)50(84)66-32(6)51(85)74-47(30(3)4)57(91)75-48(33(7)97-98(94,95)96)58(92)73-44(28-78)59(93)76-22-10-12-45(76)56(90)65-26-46(82)69-41(24-35-13-17-37(80)18-14-35)54(88)72-43(27-77)49(61)83/h13,15,17-20,24-25,29-33,39-45,47-48,77-78,80-81H,9-12,14,16,21-23,26-28H2,1-8H3,(H2,61,83)(H,65,90)(H,66,84)(H,67,86)(H,68,79)(H,69,82)(H,70,89)(H,71,87)(H,72,88)(H,73,92)(H,74,85)(H,75,91)(H4,62,63,64)(H2,94,95,96). The van der Waals surface area contributed by atoms with Crippen LogP contribution in [0.2, 0.25) is 0 Å². The van der Waals surface area contributed by atoms with Crippen molar-refractivity contribution in [3.63, 3.8) is 0 Å². The highest BCUT2D eigenvalue weighted by molar-refractivity contribution is 7.46. The molecule has 1 heterocycles. The number of amides is 13. The lowest BCUT2D eigenvalue weighted by molar-refractivity contribution is -0.143. The van der Waals surface area contributed by atoms with Gasteiger partial charge in [-0.15, -0.1) is 0 Å². The van der Waals surface area contributed by atoms with Crippen LogP contribution in [0.15, 0.2) is 76.3 Å². The molecule has 0 spiro atoms. The monoisotopic (exact) mass is 1400 g/mol. The van der Waals surface area contributed by atoms with Crippen LogP contribution in [0.3, 0.4) is 0 Å². The Labute approximate surface area is 564 Å². The Morgan fingerprint density at radius 2 is 1.12 bits per heavy atom. The molecule has 544 valence electrons. The molecule has 1 aliphatic heterocycles. The highest BCUT2D eigenvalue weighted by Gasteiger charge is 2.42. The first-order valence-corrected chi connectivity index (χ1v) is 32.8. The highest BCUT2D eigenvalue weighted by Crippen LogP contribution is 2.38. The van der Waals surface area contributed by atoms with E-state index in [9.17, 15) is 97.1 Å². The van der Waals surface area contributed by atoms with E-state index in [4.69, 9.17) is 21.7 Å². The molecule has 0 aromatic heterocycles. The van der Waals surface area contributed by atoms with E-state index in [1.807, 2.05) is 13.8 Å². The van der Waals surface area contributed by atoms with Gasteiger partial charge >= 0.3 is 7.82 Å². The molecule has 0 aromatic rings. The number of rotatable bonds is 37. The van der Waals surface area contributed by atoms with Crippen LogP contribution in [0, 0.1) is 11.8 Å². The number of phosphoric ester groups is 1. The molecule has 23 N–H and O–H groups in total. The number of aliphatic imine (C=N–C) groups is 1. The normalized spacial score (nSPS) is 18.6. The third kappa shape index (κ3) is 28.3. The summed E-state index contributed by atoms with van der Waals surface area (Å²) in [5.41, 5.74) is 17.1. The van der Waals surface area contributed by atoms with Gasteiger partial charge in [-0.25, -0.2) is 4.57 Å². The number of carbonyl (C=O) groups is 13. The molecule has 0 saturated carbocycles. The zero-order valence-electron chi connectivity index (χ0n) is 55.6. The number of allylic oxidation sites excluding steroid dienone is 8. The van der Waals surface area contributed by atoms with E-state index < -0.39 is 183 Å². The lowest BCUT2D eigenvalue weighted by Crippen LogP contribution is -2.62. The molecule has 0 radical (unpaired) electrons. The maximum Gasteiger partial charge on any atom is 0.469 e. The van der Waals surface area contributed by atoms with Crippen LogP contribution >= 0.6 is 7.82 Å². The van der Waals surface area contributed by atoms with Gasteiger partial charge in [0.05, 0.1) is 25.9 Å². The van der Waals surface area contributed by atoms with Crippen LogP contribution in [0.25, 0.3) is 0 Å². The number of phosphoric acid groups is 1. The molecule has 3 rings (SSSR count). The number of nitrogens with two attached hydrogens (primary N) is 3. The average Bonchev–Trinajstić information content (AvgIpc) is 1.57. The Balaban J connectivity index is 1.77. The third-order valence-corrected chi connectivity index (χ3v) is 15.6. The molecule has 13 amide bonds. The molecule has 38 heteroatoms. The molecule has 12 atom stereocenters. The topological polar surface area (TPSA) is 596 Å². The summed E-state index contributed by atoms with van der Waals surface area (Å²) in [6, 6.07) is -16.9. The summed E-state index contributed by atoms with van der Waals surface area (Å²) in [5.74, 6) is -13.9. The van der Waals surface area contributed by atoms with Gasteiger partial charge in [0.2, 0.25) is 76.8 Å². The number of primary amides is 1. The third-order valence-electron chi connectivity index (χ3n) is 15.0. The van der Waals surface area contributed by atoms with Crippen molar-refractivity contribution in [3.8, 4) is 0 Å². The number of aliphatic hydroxyl groups is 4. The summed E-state index contributed by atoms with van der Waals surface area (Å²) >= 11 is 0. The zero-order valence-corrected chi connectivity index (χ0v) is 56.5. The second-order valence-electron chi connectivity index (χ2n) is 24.0. The molecule has 2 aliphatic carbocycles. The molecule has 12 unspecified atom stereocenters. The van der Waals surface area contributed by atoms with E-state index >= 15 is 0 Å². The van der Waals surface area contributed by atoms with Crippen molar-refractivity contribution in [1.29, 1.82) is 0 Å². The van der Waals surface area contributed by atoms with Crippen LogP contribution < -0.4 is 75.7 Å². The number of nitrogens with zero attached hydrogens (tertiary/aromatic N) is 2. The number of likely N-dealkylation sites (tertiary alicyclic amines) is 1. The molecule has 37 nitrogen and oxygen atoms in total. The Hall–Kier alpha value is -9.55. The van der Waals surface area contributed by atoms with E-state index in [0.717, 1.165) is 11.8 Å². The van der Waals surface area contributed by atoms with Crippen molar-refractivity contribution >= 4 is 90.6 Å². The molecule has 98 heavy (non-hydrogen) atoms. The lowest BCUT2D eigenvalue weighted by atomic mass is 10.0. The predicted molar refractivity (Wildman–Crippen MR) is 349 cm³/mol. The van der Waals surface area contributed by atoms with Crippen LogP contribution in [0.5, 0.6) is 0 Å². The van der Waals surface area contributed by atoms with Crippen molar-refractivity contribution in [2.45, 2.75) is 173 Å². The summed E-state index contributed by atoms with van der Waals surface area (Å²) in [6.07, 6.45) is 9.85. The number of carbonyl (C=O) groups excluding carboxylic acids is 13. The van der Waals surface area contributed by atoms with Gasteiger partial charge in [0.25, 0.3) is 0 Å². The molecule has 1 fully saturated rings. The Kier molecular flexibility index (Phi) is 33.4. The van der Waals surface area contributed by atoms with Gasteiger partial charge in [-0.2, -0.15) is 0 Å². The van der Waals surface area contributed by atoms with Gasteiger partial charge in [-0.3, -0.25) is 71.8 Å². The van der Waals surface area contributed by atoms with E-state index in [-0.39, 0.29) is 81.4 Å². The summed E-state index contributed by atoms with van der Waals surface area (Å²) in [6.45, 7) is 8.22. The first-order valence-electron chi connectivity index (χ1n) is 31.3. The van der Waals surface area contributed by atoms with Crippen LogP contribution in [-0.2, 0) is 71.4 Å². The van der Waals surface area contributed by atoms with Gasteiger partial charge in [0.1, 0.15) is 78.0 Å². The SMILES string of the molecule is CC(=O)NC(CC(C)C)C(=O)NC(C=C1C=CC(O)=CC1)C(=O)NC(CCCN=C(N)N)C(=O)NC(C)C(=O)NC(C)C(=O)NC(C(=O)NC(C(=O)NC(CO)C(=O)N1CCCC1C(=O)NCC(=O)NC(C=C1C=CC(O)=CC1)C(=O)NC(CO)C(N)=O)C(C)OP(=O)(O)O)C(C)C.